The predicted octanol–water partition coefficient (Wildman–Crippen LogP) is 7.57. The van der Waals surface area contributed by atoms with Crippen molar-refractivity contribution in [3.8, 4) is 22.4 Å². The second kappa shape index (κ2) is 10.5. The molecule has 0 atom stereocenters. The Hall–Kier alpha value is -2.80. The number of nitrogens with zero attached hydrogens (tertiary/aromatic N) is 1. The Morgan fingerprint density at radius 1 is 1.08 bits per heavy atom. The highest BCUT2D eigenvalue weighted by Gasteiger charge is 2.73. The normalized spacial score (nSPS) is 12.6. The summed E-state index contributed by atoms with van der Waals surface area (Å²) in [5, 5.41) is 8.43. The van der Waals surface area contributed by atoms with Crippen LogP contribution in [0.15, 0.2) is 41.4 Å². The molecule has 0 aliphatic rings. The van der Waals surface area contributed by atoms with Gasteiger partial charge in [-0.3, -0.25) is 9.89 Å². The molecule has 37 heavy (non-hydrogen) atoms. The number of aromatic nitrogens is 2. The molecule has 1 amide bonds. The third kappa shape index (κ3) is 5.42. The molecule has 2 N–H and O–H groups in total. The lowest BCUT2D eigenvalue weighted by atomic mass is 9.92. The minimum absolute atomic E-state index is 0.0257. The minimum atomic E-state index is -6.30. The zero-order valence-corrected chi connectivity index (χ0v) is 20.6. The zero-order valence-electron chi connectivity index (χ0n) is 19.0. The number of rotatable bonds is 7. The van der Waals surface area contributed by atoms with Gasteiger partial charge < -0.3 is 5.32 Å². The molecule has 0 bridgehead atoms. The van der Waals surface area contributed by atoms with Gasteiger partial charge in [0.1, 0.15) is 5.82 Å². The van der Waals surface area contributed by atoms with Crippen LogP contribution in [-0.4, -0.2) is 34.7 Å². The lowest BCUT2D eigenvalue weighted by molar-refractivity contribution is -0.348. The number of thioether (sulfide) groups is 1. The Kier molecular flexibility index (Phi) is 8.18. The summed E-state index contributed by atoms with van der Waals surface area (Å²) >= 11 is 6.90. The highest BCUT2D eigenvalue weighted by Crippen LogP contribution is 2.55. The molecule has 200 valence electrons. The van der Waals surface area contributed by atoms with E-state index in [1.807, 2.05) is 0 Å². The average molecular weight is 572 g/mol. The number of halogens is 9. The Morgan fingerprint density at radius 3 is 2.30 bits per heavy atom. The van der Waals surface area contributed by atoms with E-state index < -0.39 is 34.4 Å². The van der Waals surface area contributed by atoms with E-state index in [0.717, 1.165) is 17.8 Å². The molecule has 0 spiro atoms. The molecule has 0 saturated carbocycles. The van der Waals surface area contributed by atoms with Gasteiger partial charge in [-0.15, -0.1) is 11.8 Å². The number of carbonyl (C=O) groups excluding carboxylic acids is 1. The van der Waals surface area contributed by atoms with Crippen LogP contribution in [0.4, 0.5) is 35.1 Å². The summed E-state index contributed by atoms with van der Waals surface area (Å²) < 4.78 is 109. The maximum absolute atomic E-state index is 14.7. The maximum Gasteiger partial charge on any atom is 0.435 e. The minimum Gasteiger partial charge on any atom is -0.352 e. The van der Waals surface area contributed by atoms with E-state index in [-0.39, 0.29) is 52.2 Å². The number of carbonyl (C=O) groups is 1. The average Bonchev–Trinajstić information content (AvgIpc) is 3.29. The summed E-state index contributed by atoms with van der Waals surface area (Å²) in [6, 6.07) is 4.62. The van der Waals surface area contributed by atoms with Gasteiger partial charge in [0, 0.05) is 40.1 Å². The highest BCUT2D eigenvalue weighted by atomic mass is 35.5. The van der Waals surface area contributed by atoms with Crippen LogP contribution in [0, 0.1) is 5.82 Å². The molecule has 0 saturated heterocycles. The van der Waals surface area contributed by atoms with Crippen molar-refractivity contribution >= 4 is 29.3 Å². The van der Waals surface area contributed by atoms with Crippen molar-refractivity contribution in [2.24, 2.45) is 0 Å². The van der Waals surface area contributed by atoms with Gasteiger partial charge in [-0.2, -0.15) is 31.4 Å². The summed E-state index contributed by atoms with van der Waals surface area (Å²) in [5.74, 6) is -0.928. The second-order valence-electron chi connectivity index (χ2n) is 7.78. The predicted molar refractivity (Wildman–Crippen MR) is 123 cm³/mol. The Bertz CT molecular complexity index is 1290. The second-order valence-corrected chi connectivity index (χ2v) is 9.04. The number of H-pyrrole nitrogens is 1. The molecule has 1 heterocycles. The molecular formula is C23H18ClF8N3OS. The lowest BCUT2D eigenvalue weighted by Gasteiger charge is -2.31. The zero-order chi connectivity index (χ0) is 27.8. The van der Waals surface area contributed by atoms with Crippen molar-refractivity contribution in [2.45, 2.75) is 42.8 Å². The number of nitrogens with one attached hydrogen (secondary N) is 2. The van der Waals surface area contributed by atoms with Gasteiger partial charge in [0.05, 0.1) is 16.9 Å². The number of amides is 1. The highest BCUT2D eigenvalue weighted by molar-refractivity contribution is 7.98. The fraction of sp³-hybridized carbons (Fsp3) is 0.304. The van der Waals surface area contributed by atoms with E-state index in [4.69, 9.17) is 11.6 Å². The van der Waals surface area contributed by atoms with Crippen LogP contribution in [-0.2, 0) is 17.0 Å². The Morgan fingerprint density at radius 2 is 1.73 bits per heavy atom. The molecule has 0 radical (unpaired) electrons. The third-order valence-electron chi connectivity index (χ3n) is 5.50. The number of hydrogen-bond acceptors (Lipinski definition) is 3. The third-order valence-corrected chi connectivity index (χ3v) is 6.56. The molecule has 0 fully saturated rings. The van der Waals surface area contributed by atoms with Gasteiger partial charge in [-0.25, -0.2) is 8.78 Å². The van der Waals surface area contributed by atoms with Crippen LogP contribution in [0.1, 0.15) is 24.5 Å². The molecule has 4 nitrogen and oxygen atoms in total. The van der Waals surface area contributed by atoms with Crippen LogP contribution in [0.25, 0.3) is 22.4 Å². The van der Waals surface area contributed by atoms with Gasteiger partial charge in [0.2, 0.25) is 5.91 Å². The van der Waals surface area contributed by atoms with Crippen molar-refractivity contribution in [1.82, 2.24) is 15.5 Å². The van der Waals surface area contributed by atoms with Crippen LogP contribution in [0.3, 0.4) is 0 Å². The molecule has 0 aliphatic carbocycles. The van der Waals surface area contributed by atoms with Crippen molar-refractivity contribution in [3.05, 3.63) is 58.5 Å². The van der Waals surface area contributed by atoms with Gasteiger partial charge in [-0.05, 0) is 36.1 Å². The van der Waals surface area contributed by atoms with Crippen LogP contribution in [0.2, 0.25) is 5.02 Å². The first-order chi connectivity index (χ1) is 17.2. The van der Waals surface area contributed by atoms with E-state index in [2.05, 4.69) is 15.5 Å². The lowest BCUT2D eigenvalue weighted by Crippen LogP contribution is -2.50. The SMILES string of the molecule is CCC(=O)NCc1cc(-c2cn[nH]c2-c2c(Cl)cc(C(F)(C(F)(F)F)C(F)(F)F)cc2SC)ccc1F. The molecule has 14 heteroatoms. The Balaban J connectivity index is 2.15. The van der Waals surface area contributed by atoms with Crippen molar-refractivity contribution in [2.75, 3.05) is 6.26 Å². The number of hydrogen-bond donors (Lipinski definition) is 2. The summed E-state index contributed by atoms with van der Waals surface area (Å²) in [7, 11) is 0. The monoisotopic (exact) mass is 571 g/mol. The van der Waals surface area contributed by atoms with Crippen LogP contribution in [0.5, 0.6) is 0 Å². The van der Waals surface area contributed by atoms with E-state index in [0.29, 0.717) is 11.6 Å². The summed E-state index contributed by atoms with van der Waals surface area (Å²) in [6.07, 6.45) is -9.76. The number of benzene rings is 2. The van der Waals surface area contributed by atoms with E-state index in [9.17, 15) is 39.9 Å². The van der Waals surface area contributed by atoms with Crippen molar-refractivity contribution in [1.29, 1.82) is 0 Å². The van der Waals surface area contributed by atoms with Crippen LogP contribution < -0.4 is 5.32 Å². The molecule has 0 aliphatic heterocycles. The van der Waals surface area contributed by atoms with Crippen molar-refractivity contribution in [3.63, 3.8) is 0 Å². The molecule has 0 unspecified atom stereocenters. The molecule has 1 aromatic heterocycles. The molecule has 3 aromatic rings. The van der Waals surface area contributed by atoms with Gasteiger partial charge in [0.25, 0.3) is 0 Å². The molecule has 3 rings (SSSR count). The fourth-order valence-corrected chi connectivity index (χ4v) is 4.59. The number of aromatic amines is 1. The van der Waals surface area contributed by atoms with E-state index in [1.165, 1.54) is 24.6 Å². The first kappa shape index (κ1) is 28.8. The maximum atomic E-state index is 14.7. The summed E-state index contributed by atoms with van der Waals surface area (Å²) in [6.45, 7) is 1.49. The van der Waals surface area contributed by atoms with E-state index in [1.54, 1.807) is 6.92 Å². The topological polar surface area (TPSA) is 57.8 Å². The van der Waals surface area contributed by atoms with Gasteiger partial charge >= 0.3 is 18.0 Å². The number of alkyl halides is 7. The van der Waals surface area contributed by atoms with Gasteiger partial charge in [-0.1, -0.05) is 24.6 Å². The summed E-state index contributed by atoms with van der Waals surface area (Å²) in [5.41, 5.74) is -6.53. The standard InChI is InChI=1S/C23H18ClF8N3OS/c1-3-18(36)33-9-12-6-11(4-5-16(12)25)14-10-34-35-20(14)19-15(24)7-13(8-17(19)37-2)21(26,22(27,28)29)23(30,31)32/h4-8,10H,3,9H2,1-2H3,(H,33,36)(H,34,35). The van der Waals surface area contributed by atoms with Crippen molar-refractivity contribution < 1.29 is 39.9 Å². The van der Waals surface area contributed by atoms with Crippen LogP contribution >= 0.6 is 23.4 Å². The fourth-order valence-electron chi connectivity index (χ4n) is 3.56. The van der Waals surface area contributed by atoms with Gasteiger partial charge in [0.15, 0.2) is 0 Å². The van der Waals surface area contributed by atoms with E-state index >= 15 is 0 Å². The summed E-state index contributed by atoms with van der Waals surface area (Å²) in [4.78, 5) is 11.4. The molecular weight excluding hydrogens is 554 g/mol. The smallest absolute Gasteiger partial charge is 0.352 e. The first-order valence-electron chi connectivity index (χ1n) is 10.4. The largest absolute Gasteiger partial charge is 0.435 e. The Labute approximate surface area is 214 Å². The first-order valence-corrected chi connectivity index (χ1v) is 12.1. The quantitative estimate of drug-likeness (QED) is 0.227. The molecule has 2 aromatic carbocycles.